The minimum Gasteiger partial charge on any atom is -0.396 e. The second-order valence-corrected chi connectivity index (χ2v) is 3.09. The lowest BCUT2D eigenvalue weighted by Crippen LogP contribution is -1.80. The fourth-order valence-electron chi connectivity index (χ4n) is 0.826. The Balaban J connectivity index is 0. The maximum absolute atomic E-state index is 9.56. The van der Waals surface area contributed by atoms with Crippen molar-refractivity contribution >= 4 is 6.29 Å². The van der Waals surface area contributed by atoms with E-state index in [0.717, 1.165) is 32.0 Å². The average molecular weight is 188 g/mol. The van der Waals surface area contributed by atoms with Crippen LogP contribution in [-0.2, 0) is 4.79 Å². The third-order valence-corrected chi connectivity index (χ3v) is 1.69. The van der Waals surface area contributed by atoms with Gasteiger partial charge in [-0.1, -0.05) is 39.5 Å². The number of rotatable bonds is 7. The van der Waals surface area contributed by atoms with Crippen LogP contribution in [0.4, 0.5) is 0 Å². The van der Waals surface area contributed by atoms with Gasteiger partial charge in [0, 0.05) is 13.0 Å². The van der Waals surface area contributed by atoms with Gasteiger partial charge in [0.25, 0.3) is 0 Å². The summed E-state index contributed by atoms with van der Waals surface area (Å²) < 4.78 is 0. The van der Waals surface area contributed by atoms with Gasteiger partial charge in [0.2, 0.25) is 0 Å². The molecule has 0 aliphatic carbocycles. The van der Waals surface area contributed by atoms with Crippen LogP contribution in [0.5, 0.6) is 0 Å². The van der Waals surface area contributed by atoms with Gasteiger partial charge in [-0.15, -0.1) is 0 Å². The van der Waals surface area contributed by atoms with Crippen molar-refractivity contribution in [1.82, 2.24) is 0 Å². The van der Waals surface area contributed by atoms with Crippen molar-refractivity contribution in [3.63, 3.8) is 0 Å². The second kappa shape index (κ2) is 17.6. The molecule has 0 aromatic heterocycles. The number of carbonyl (C=O) groups excluding carboxylic acids is 1. The Kier molecular flexibility index (Phi) is 20.5. The Morgan fingerprint density at radius 1 is 1.00 bits per heavy atom. The molecule has 1 N–H and O–H groups in total. The molecule has 13 heavy (non-hydrogen) atoms. The van der Waals surface area contributed by atoms with Gasteiger partial charge >= 0.3 is 0 Å². The van der Waals surface area contributed by atoms with Crippen LogP contribution in [0.3, 0.4) is 0 Å². The van der Waals surface area contributed by atoms with Gasteiger partial charge in [-0.3, -0.25) is 0 Å². The third kappa shape index (κ3) is 24.5. The van der Waals surface area contributed by atoms with E-state index in [4.69, 9.17) is 5.11 Å². The van der Waals surface area contributed by atoms with Gasteiger partial charge in [-0.05, 0) is 12.8 Å². The highest BCUT2D eigenvalue weighted by Crippen LogP contribution is 1.96. The molecule has 0 heterocycles. The molecule has 0 bridgehead atoms. The van der Waals surface area contributed by atoms with E-state index in [1.807, 2.05) is 0 Å². The number of hydrogen-bond acceptors (Lipinski definition) is 2. The first-order valence-corrected chi connectivity index (χ1v) is 5.37. The molecule has 2 heteroatoms. The lowest BCUT2D eigenvalue weighted by atomic mass is 10.2. The highest BCUT2D eigenvalue weighted by atomic mass is 16.2. The molecule has 0 aromatic rings. The number of aliphatic hydroxyl groups excluding tert-OH is 1. The first-order valence-electron chi connectivity index (χ1n) is 5.37. The number of unbranched alkanes of at least 4 members (excludes halogenated alkanes) is 5. The molecule has 0 radical (unpaired) electrons. The van der Waals surface area contributed by atoms with Gasteiger partial charge in [0.15, 0.2) is 0 Å². The molecule has 0 saturated heterocycles. The van der Waals surface area contributed by atoms with Crippen molar-refractivity contribution in [1.29, 1.82) is 0 Å². The Morgan fingerprint density at radius 3 is 1.92 bits per heavy atom. The van der Waals surface area contributed by atoms with Crippen molar-refractivity contribution in [2.45, 2.75) is 58.8 Å². The second-order valence-electron chi connectivity index (χ2n) is 3.09. The monoisotopic (exact) mass is 188 g/mol. The summed E-state index contributed by atoms with van der Waals surface area (Å²) in [5.41, 5.74) is 0. The van der Waals surface area contributed by atoms with Crippen molar-refractivity contribution < 1.29 is 9.90 Å². The minimum atomic E-state index is 0.361. The van der Waals surface area contributed by atoms with E-state index < -0.39 is 0 Å². The van der Waals surface area contributed by atoms with E-state index in [9.17, 15) is 4.79 Å². The third-order valence-electron chi connectivity index (χ3n) is 1.69. The van der Waals surface area contributed by atoms with Crippen molar-refractivity contribution in [3.8, 4) is 0 Å². The van der Waals surface area contributed by atoms with Crippen LogP contribution in [0.2, 0.25) is 0 Å². The summed E-state index contributed by atoms with van der Waals surface area (Å²) in [4.78, 5) is 9.56. The molecule has 0 aliphatic heterocycles. The fraction of sp³-hybridized carbons (Fsp3) is 0.909. The Bertz CT molecular complexity index is 78.2. The molecule has 0 atom stereocenters. The summed E-state index contributed by atoms with van der Waals surface area (Å²) in [6.45, 7) is 4.60. The maximum Gasteiger partial charge on any atom is 0.119 e. The number of carbonyl (C=O) groups is 1. The van der Waals surface area contributed by atoms with Crippen LogP contribution in [0.25, 0.3) is 0 Å². The SMILES string of the molecule is CCCCC=O.CCCCCCO. The normalized spacial score (nSPS) is 8.85. The van der Waals surface area contributed by atoms with Crippen molar-refractivity contribution in [3.05, 3.63) is 0 Å². The molecule has 80 valence electrons. The topological polar surface area (TPSA) is 37.3 Å². The van der Waals surface area contributed by atoms with E-state index in [-0.39, 0.29) is 0 Å². The highest BCUT2D eigenvalue weighted by molar-refractivity contribution is 5.48. The summed E-state index contributed by atoms with van der Waals surface area (Å²) in [6.07, 6.45) is 8.55. The summed E-state index contributed by atoms with van der Waals surface area (Å²) >= 11 is 0. The Hall–Kier alpha value is -0.370. The van der Waals surface area contributed by atoms with E-state index in [1.165, 1.54) is 19.3 Å². The fourth-order valence-corrected chi connectivity index (χ4v) is 0.826. The van der Waals surface area contributed by atoms with Crippen LogP contribution >= 0.6 is 0 Å². The smallest absolute Gasteiger partial charge is 0.119 e. The predicted molar refractivity (Wildman–Crippen MR) is 56.8 cm³/mol. The number of aliphatic hydroxyl groups is 1. The summed E-state index contributed by atoms with van der Waals surface area (Å²) in [6, 6.07) is 0. The Labute approximate surface area is 82.4 Å². The lowest BCUT2D eigenvalue weighted by Gasteiger charge is -1.90. The van der Waals surface area contributed by atoms with Crippen molar-refractivity contribution in [2.75, 3.05) is 6.61 Å². The van der Waals surface area contributed by atoms with Gasteiger partial charge < -0.3 is 9.90 Å². The maximum atomic E-state index is 9.56. The zero-order valence-corrected chi connectivity index (χ0v) is 9.09. The minimum absolute atomic E-state index is 0.361. The van der Waals surface area contributed by atoms with Gasteiger partial charge in [-0.2, -0.15) is 0 Å². The quantitative estimate of drug-likeness (QED) is 0.492. The molecule has 0 aliphatic rings. The zero-order valence-electron chi connectivity index (χ0n) is 9.09. The molecular formula is C11H24O2. The van der Waals surface area contributed by atoms with Gasteiger partial charge in [-0.25, -0.2) is 0 Å². The van der Waals surface area contributed by atoms with Crippen molar-refractivity contribution in [2.24, 2.45) is 0 Å². The molecule has 0 saturated carbocycles. The summed E-state index contributed by atoms with van der Waals surface area (Å²) in [7, 11) is 0. The largest absolute Gasteiger partial charge is 0.396 e. The number of hydrogen-bond donors (Lipinski definition) is 1. The van der Waals surface area contributed by atoms with Gasteiger partial charge in [0.1, 0.15) is 6.29 Å². The summed E-state index contributed by atoms with van der Waals surface area (Å²) in [5.74, 6) is 0. The lowest BCUT2D eigenvalue weighted by molar-refractivity contribution is -0.107. The molecule has 0 aromatic carbocycles. The molecule has 0 fully saturated rings. The van der Waals surface area contributed by atoms with E-state index in [0.29, 0.717) is 6.61 Å². The van der Waals surface area contributed by atoms with Crippen LogP contribution < -0.4 is 0 Å². The summed E-state index contributed by atoms with van der Waals surface area (Å²) in [5, 5.41) is 8.29. The molecule has 2 nitrogen and oxygen atoms in total. The van der Waals surface area contributed by atoms with Crippen LogP contribution in [0, 0.1) is 0 Å². The molecular weight excluding hydrogens is 164 g/mol. The van der Waals surface area contributed by atoms with Crippen LogP contribution in [0.1, 0.15) is 58.8 Å². The van der Waals surface area contributed by atoms with Crippen LogP contribution in [0.15, 0.2) is 0 Å². The Morgan fingerprint density at radius 2 is 1.62 bits per heavy atom. The van der Waals surface area contributed by atoms with Gasteiger partial charge in [0.05, 0.1) is 0 Å². The molecule has 0 spiro atoms. The predicted octanol–water partition coefficient (Wildman–Crippen LogP) is 2.93. The first-order chi connectivity index (χ1) is 6.33. The zero-order chi connectivity index (χ0) is 10.4. The standard InChI is InChI=1S/C6H14O.C5H10O/c1-2-3-4-5-6-7;1-2-3-4-5-6/h7H,2-6H2,1H3;5H,2-4H2,1H3. The first kappa shape index (κ1) is 15.1. The molecule has 0 rings (SSSR count). The van der Waals surface area contributed by atoms with E-state index in [1.54, 1.807) is 0 Å². The molecule has 0 unspecified atom stereocenters. The van der Waals surface area contributed by atoms with E-state index >= 15 is 0 Å². The number of aldehydes is 1. The van der Waals surface area contributed by atoms with E-state index in [2.05, 4.69) is 13.8 Å². The van der Waals surface area contributed by atoms with Crippen LogP contribution in [-0.4, -0.2) is 18.0 Å². The highest BCUT2D eigenvalue weighted by Gasteiger charge is 1.80. The average Bonchev–Trinajstić information content (AvgIpc) is 2.17. The molecule has 0 amide bonds.